The van der Waals surface area contributed by atoms with Crippen LogP contribution in [0.3, 0.4) is 0 Å². The van der Waals surface area contributed by atoms with Crippen molar-refractivity contribution in [2.45, 2.75) is 6.42 Å². The second kappa shape index (κ2) is 2.88. The van der Waals surface area contributed by atoms with Crippen molar-refractivity contribution >= 4 is 5.57 Å². The molecule has 1 aliphatic heterocycles. The van der Waals surface area contributed by atoms with Gasteiger partial charge in [0.05, 0.1) is 5.69 Å². The molecule has 3 heteroatoms. The maximum absolute atomic E-state index is 3.90. The molecule has 2 N–H and O–H groups in total. The summed E-state index contributed by atoms with van der Waals surface area (Å²) in [6.07, 6.45) is 5.16. The van der Waals surface area contributed by atoms with Gasteiger partial charge in [-0.3, -0.25) is 5.10 Å². The van der Waals surface area contributed by atoms with Gasteiger partial charge in [-0.25, -0.2) is 0 Å². The van der Waals surface area contributed by atoms with E-state index in [1.54, 1.807) is 6.20 Å². The molecule has 0 atom stereocenters. The molecule has 0 saturated heterocycles. The quantitative estimate of drug-likeness (QED) is 0.619. The summed E-state index contributed by atoms with van der Waals surface area (Å²) in [6, 6.07) is 2.00. The predicted molar refractivity (Wildman–Crippen MR) is 44.1 cm³/mol. The highest BCUT2D eigenvalue weighted by atomic mass is 15.1. The van der Waals surface area contributed by atoms with E-state index < -0.39 is 0 Å². The molecule has 58 valence electrons. The molecule has 0 fully saturated rings. The fraction of sp³-hybridized carbons (Fsp3) is 0.375. The van der Waals surface area contributed by atoms with Crippen molar-refractivity contribution in [1.82, 2.24) is 15.5 Å². The van der Waals surface area contributed by atoms with Crippen LogP contribution >= 0.6 is 0 Å². The van der Waals surface area contributed by atoms with Gasteiger partial charge in [-0.2, -0.15) is 5.10 Å². The summed E-state index contributed by atoms with van der Waals surface area (Å²) in [5, 5.41) is 10.2. The van der Waals surface area contributed by atoms with E-state index in [4.69, 9.17) is 0 Å². The lowest BCUT2D eigenvalue weighted by atomic mass is 10.1. The molecular formula is C8H11N3. The maximum Gasteiger partial charge on any atom is 0.0619 e. The van der Waals surface area contributed by atoms with E-state index in [2.05, 4.69) is 21.6 Å². The summed E-state index contributed by atoms with van der Waals surface area (Å²) in [4.78, 5) is 0. The van der Waals surface area contributed by atoms with Crippen LogP contribution in [0.1, 0.15) is 12.1 Å². The number of nitrogens with zero attached hydrogens (tertiary/aromatic N) is 1. The first-order chi connectivity index (χ1) is 5.47. The Hall–Kier alpha value is -1.09. The number of nitrogens with one attached hydrogen (secondary N) is 2. The van der Waals surface area contributed by atoms with E-state index in [9.17, 15) is 0 Å². The van der Waals surface area contributed by atoms with Gasteiger partial charge in [0.2, 0.25) is 0 Å². The van der Waals surface area contributed by atoms with E-state index in [-0.39, 0.29) is 0 Å². The average Bonchev–Trinajstić information content (AvgIpc) is 2.58. The second-order valence-corrected chi connectivity index (χ2v) is 2.67. The van der Waals surface area contributed by atoms with E-state index in [0.29, 0.717) is 0 Å². The van der Waals surface area contributed by atoms with Crippen LogP contribution in [0.25, 0.3) is 5.57 Å². The molecule has 2 rings (SSSR count). The Labute approximate surface area is 65.5 Å². The van der Waals surface area contributed by atoms with Gasteiger partial charge in [0.15, 0.2) is 0 Å². The Morgan fingerprint density at radius 3 is 3.09 bits per heavy atom. The van der Waals surface area contributed by atoms with Gasteiger partial charge in [-0.1, -0.05) is 6.08 Å². The van der Waals surface area contributed by atoms with Crippen LogP contribution in [0.4, 0.5) is 0 Å². The third kappa shape index (κ3) is 1.33. The summed E-state index contributed by atoms with van der Waals surface area (Å²) in [6.45, 7) is 2.06. The van der Waals surface area contributed by atoms with Crippen molar-refractivity contribution in [3.8, 4) is 0 Å². The molecule has 1 aromatic heterocycles. The van der Waals surface area contributed by atoms with Crippen molar-refractivity contribution < 1.29 is 0 Å². The molecular weight excluding hydrogens is 138 g/mol. The van der Waals surface area contributed by atoms with Crippen LogP contribution < -0.4 is 5.32 Å². The van der Waals surface area contributed by atoms with Crippen molar-refractivity contribution in [2.24, 2.45) is 0 Å². The molecule has 0 bridgehead atoms. The lowest BCUT2D eigenvalue weighted by Gasteiger charge is -2.11. The SMILES string of the molecule is C1=C(c2ccn[nH]2)CNCC1. The standard InChI is InChI=1S/C8H11N3/c1-2-7(6-9-4-1)8-3-5-10-11-8/h2-3,5,9H,1,4,6H2,(H,10,11). The molecule has 0 unspecified atom stereocenters. The monoisotopic (exact) mass is 149 g/mol. The molecule has 0 radical (unpaired) electrons. The molecule has 3 nitrogen and oxygen atoms in total. The van der Waals surface area contributed by atoms with Crippen molar-refractivity contribution in [3.63, 3.8) is 0 Å². The molecule has 11 heavy (non-hydrogen) atoms. The van der Waals surface area contributed by atoms with Crippen molar-refractivity contribution in [1.29, 1.82) is 0 Å². The lowest BCUT2D eigenvalue weighted by Crippen LogP contribution is -2.21. The van der Waals surface area contributed by atoms with Crippen LogP contribution in [0.2, 0.25) is 0 Å². The first-order valence-corrected chi connectivity index (χ1v) is 3.86. The number of aromatic nitrogens is 2. The summed E-state index contributed by atoms with van der Waals surface area (Å²) in [5.41, 5.74) is 2.46. The van der Waals surface area contributed by atoms with Gasteiger partial charge >= 0.3 is 0 Å². The minimum absolute atomic E-state index is 0.961. The molecule has 0 amide bonds. The zero-order chi connectivity index (χ0) is 7.52. The number of rotatable bonds is 1. The van der Waals surface area contributed by atoms with Crippen molar-refractivity contribution in [3.05, 3.63) is 24.0 Å². The number of H-pyrrole nitrogens is 1. The molecule has 0 aromatic carbocycles. The number of hydrogen-bond acceptors (Lipinski definition) is 2. The van der Waals surface area contributed by atoms with Gasteiger partial charge in [0.1, 0.15) is 0 Å². The largest absolute Gasteiger partial charge is 0.312 e. The van der Waals surface area contributed by atoms with Gasteiger partial charge in [0.25, 0.3) is 0 Å². The maximum atomic E-state index is 3.90. The third-order valence-electron chi connectivity index (χ3n) is 1.87. The Balaban J connectivity index is 2.22. The fourth-order valence-corrected chi connectivity index (χ4v) is 1.28. The van der Waals surface area contributed by atoms with E-state index in [1.807, 2.05) is 6.07 Å². The lowest BCUT2D eigenvalue weighted by molar-refractivity contribution is 0.737. The number of hydrogen-bond donors (Lipinski definition) is 2. The van der Waals surface area contributed by atoms with Crippen LogP contribution in [0.5, 0.6) is 0 Å². The zero-order valence-electron chi connectivity index (χ0n) is 6.30. The molecule has 0 spiro atoms. The summed E-state index contributed by atoms with van der Waals surface area (Å²) in [7, 11) is 0. The zero-order valence-corrected chi connectivity index (χ0v) is 6.30. The molecule has 1 aromatic rings. The second-order valence-electron chi connectivity index (χ2n) is 2.67. The van der Waals surface area contributed by atoms with Crippen LogP contribution in [-0.2, 0) is 0 Å². The topological polar surface area (TPSA) is 40.7 Å². The average molecular weight is 149 g/mol. The van der Waals surface area contributed by atoms with Crippen molar-refractivity contribution in [2.75, 3.05) is 13.1 Å². The molecule has 2 heterocycles. The predicted octanol–water partition coefficient (Wildman–Crippen LogP) is 0.786. The van der Waals surface area contributed by atoms with E-state index >= 15 is 0 Å². The first-order valence-electron chi connectivity index (χ1n) is 3.86. The molecule has 0 aliphatic carbocycles. The van der Waals surface area contributed by atoms with Gasteiger partial charge in [-0.15, -0.1) is 0 Å². The Morgan fingerprint density at radius 1 is 1.45 bits per heavy atom. The van der Waals surface area contributed by atoms with Gasteiger partial charge in [0, 0.05) is 12.7 Å². The summed E-state index contributed by atoms with van der Waals surface area (Å²) in [5.74, 6) is 0. The van der Waals surface area contributed by atoms with Gasteiger partial charge in [-0.05, 0) is 24.6 Å². The van der Waals surface area contributed by atoms with Crippen LogP contribution in [0, 0.1) is 0 Å². The highest BCUT2D eigenvalue weighted by molar-refractivity contribution is 5.64. The fourth-order valence-electron chi connectivity index (χ4n) is 1.28. The highest BCUT2D eigenvalue weighted by Gasteiger charge is 2.04. The third-order valence-corrected chi connectivity index (χ3v) is 1.87. The summed E-state index contributed by atoms with van der Waals surface area (Å²) >= 11 is 0. The Morgan fingerprint density at radius 2 is 2.45 bits per heavy atom. The van der Waals surface area contributed by atoms with E-state index in [0.717, 1.165) is 25.2 Å². The smallest absolute Gasteiger partial charge is 0.0619 e. The molecule has 0 saturated carbocycles. The minimum atomic E-state index is 0.961. The Bertz CT molecular complexity index is 248. The normalized spacial score (nSPS) is 18.0. The van der Waals surface area contributed by atoms with Gasteiger partial charge < -0.3 is 5.32 Å². The summed E-state index contributed by atoms with van der Waals surface area (Å²) < 4.78 is 0. The highest BCUT2D eigenvalue weighted by Crippen LogP contribution is 2.12. The minimum Gasteiger partial charge on any atom is -0.312 e. The van der Waals surface area contributed by atoms with Crippen LogP contribution in [-0.4, -0.2) is 23.3 Å². The van der Waals surface area contributed by atoms with E-state index in [1.165, 1.54) is 5.57 Å². The first kappa shape index (κ1) is 6.61. The van der Waals surface area contributed by atoms with Crippen LogP contribution in [0.15, 0.2) is 18.3 Å². The number of aromatic amines is 1. The molecule has 1 aliphatic rings. The Kier molecular flexibility index (Phi) is 1.73.